The van der Waals surface area contributed by atoms with Crippen LogP contribution >= 0.6 is 0 Å². The van der Waals surface area contributed by atoms with Gasteiger partial charge in [0.25, 0.3) is 0 Å². The lowest BCUT2D eigenvalue weighted by atomic mass is 9.70. The fourth-order valence-corrected chi connectivity index (χ4v) is 2.14. The molecule has 17 heavy (non-hydrogen) atoms. The van der Waals surface area contributed by atoms with Crippen molar-refractivity contribution in [2.45, 2.75) is 39.7 Å². The Hall–Kier alpha value is -1.51. The molecular weight excluding hydrogens is 214 g/mol. The third kappa shape index (κ3) is 1.79. The predicted octanol–water partition coefficient (Wildman–Crippen LogP) is 2.53. The molecule has 3 heteroatoms. The second-order valence-electron chi connectivity index (χ2n) is 5.82. The summed E-state index contributed by atoms with van der Waals surface area (Å²) in [4.78, 5) is 11.4. The van der Waals surface area contributed by atoms with Crippen LogP contribution in [-0.2, 0) is 6.42 Å². The van der Waals surface area contributed by atoms with Gasteiger partial charge in [-0.15, -0.1) is 0 Å². The molecule has 0 bridgehead atoms. The fraction of sp³-hybridized carbons (Fsp3) is 0.500. The number of nitrogens with two attached hydrogens (primary N) is 1. The molecule has 2 rings (SSSR count). The summed E-state index contributed by atoms with van der Waals surface area (Å²) in [7, 11) is 0. The summed E-state index contributed by atoms with van der Waals surface area (Å²) >= 11 is 0. The van der Waals surface area contributed by atoms with Crippen LogP contribution in [0.4, 0.5) is 0 Å². The zero-order valence-corrected chi connectivity index (χ0v) is 10.8. The second-order valence-corrected chi connectivity index (χ2v) is 5.82. The first kappa shape index (κ1) is 12.0. The molecule has 0 aromatic heterocycles. The van der Waals surface area contributed by atoms with Crippen molar-refractivity contribution >= 4 is 5.91 Å². The van der Waals surface area contributed by atoms with Crippen LogP contribution in [0.5, 0.6) is 5.75 Å². The maximum atomic E-state index is 11.4. The van der Waals surface area contributed by atoms with Crippen molar-refractivity contribution in [1.82, 2.24) is 0 Å². The van der Waals surface area contributed by atoms with E-state index in [1.165, 1.54) is 0 Å². The number of carbonyl (C=O) groups excluding carboxylic acids is 1. The van der Waals surface area contributed by atoms with Crippen molar-refractivity contribution in [3.05, 3.63) is 29.3 Å². The van der Waals surface area contributed by atoms with Gasteiger partial charge in [-0.05, 0) is 32.4 Å². The smallest absolute Gasteiger partial charge is 0.249 e. The molecule has 1 aliphatic rings. The van der Waals surface area contributed by atoms with E-state index in [0.717, 1.165) is 17.7 Å². The molecule has 3 nitrogen and oxygen atoms in total. The van der Waals surface area contributed by atoms with E-state index in [1.807, 2.05) is 12.1 Å². The van der Waals surface area contributed by atoms with E-state index in [4.69, 9.17) is 10.5 Å². The summed E-state index contributed by atoms with van der Waals surface area (Å²) in [6.07, 6.45) is 0.800. The Morgan fingerprint density at radius 2 is 1.94 bits per heavy atom. The van der Waals surface area contributed by atoms with Crippen molar-refractivity contribution in [3.63, 3.8) is 0 Å². The number of carbonyl (C=O) groups is 1. The molecule has 0 saturated heterocycles. The summed E-state index contributed by atoms with van der Waals surface area (Å²) in [6, 6.07) is 5.48. The predicted molar refractivity (Wildman–Crippen MR) is 67.2 cm³/mol. The van der Waals surface area contributed by atoms with Crippen LogP contribution in [0.2, 0.25) is 0 Å². The van der Waals surface area contributed by atoms with Crippen LogP contribution in [-0.4, -0.2) is 11.5 Å². The number of benzene rings is 1. The number of hydrogen-bond donors (Lipinski definition) is 1. The van der Waals surface area contributed by atoms with Gasteiger partial charge >= 0.3 is 0 Å². The van der Waals surface area contributed by atoms with Crippen LogP contribution in [0.25, 0.3) is 0 Å². The van der Waals surface area contributed by atoms with Crippen molar-refractivity contribution in [2.24, 2.45) is 11.1 Å². The SMILES string of the molecule is CC1(C)Cc2c(cccc2C(N)=O)OC1(C)C. The first-order valence-electron chi connectivity index (χ1n) is 5.85. The monoisotopic (exact) mass is 233 g/mol. The standard InChI is InChI=1S/C14H19NO2/c1-13(2)8-10-9(12(15)16)6-5-7-11(10)17-14(13,3)4/h5-7H,8H2,1-4H3,(H2,15,16). The van der Waals surface area contributed by atoms with E-state index in [1.54, 1.807) is 6.07 Å². The molecule has 1 aromatic carbocycles. The summed E-state index contributed by atoms with van der Waals surface area (Å²) in [5.41, 5.74) is 6.62. The fourth-order valence-electron chi connectivity index (χ4n) is 2.14. The Bertz CT molecular complexity index is 475. The van der Waals surface area contributed by atoms with Crippen LogP contribution in [0.1, 0.15) is 43.6 Å². The summed E-state index contributed by atoms with van der Waals surface area (Å²) < 4.78 is 6.02. The maximum Gasteiger partial charge on any atom is 0.249 e. The van der Waals surface area contributed by atoms with Crippen molar-refractivity contribution < 1.29 is 9.53 Å². The topological polar surface area (TPSA) is 52.3 Å². The molecule has 0 saturated carbocycles. The van der Waals surface area contributed by atoms with Gasteiger partial charge in [0.15, 0.2) is 0 Å². The Labute approximate surface area is 102 Å². The molecular formula is C14H19NO2. The van der Waals surface area contributed by atoms with Crippen molar-refractivity contribution in [3.8, 4) is 5.75 Å². The van der Waals surface area contributed by atoms with Gasteiger partial charge in [0.05, 0.1) is 0 Å². The molecule has 1 amide bonds. The van der Waals surface area contributed by atoms with Gasteiger partial charge in [-0.25, -0.2) is 0 Å². The normalized spacial score (nSPS) is 20.2. The van der Waals surface area contributed by atoms with Gasteiger partial charge < -0.3 is 10.5 Å². The molecule has 0 radical (unpaired) electrons. The molecule has 0 unspecified atom stereocenters. The molecule has 1 aromatic rings. The third-order valence-electron chi connectivity index (χ3n) is 4.01. The number of primary amides is 1. The van der Waals surface area contributed by atoms with Gasteiger partial charge in [-0.1, -0.05) is 19.9 Å². The number of amides is 1. The first-order valence-corrected chi connectivity index (χ1v) is 5.85. The lowest BCUT2D eigenvalue weighted by molar-refractivity contribution is -0.0272. The molecule has 0 spiro atoms. The minimum Gasteiger partial charge on any atom is -0.487 e. The lowest BCUT2D eigenvalue weighted by Crippen LogP contribution is -2.49. The summed E-state index contributed by atoms with van der Waals surface area (Å²) in [5, 5.41) is 0. The molecule has 0 atom stereocenters. The highest BCUT2D eigenvalue weighted by molar-refractivity contribution is 5.95. The highest BCUT2D eigenvalue weighted by Crippen LogP contribution is 2.45. The van der Waals surface area contributed by atoms with Gasteiger partial charge in [-0.3, -0.25) is 4.79 Å². The summed E-state index contributed by atoms with van der Waals surface area (Å²) in [6.45, 7) is 8.45. The number of rotatable bonds is 1. The largest absolute Gasteiger partial charge is 0.487 e. The molecule has 2 N–H and O–H groups in total. The maximum absolute atomic E-state index is 11.4. The van der Waals surface area contributed by atoms with E-state index >= 15 is 0 Å². The minimum absolute atomic E-state index is 0.0362. The number of hydrogen-bond acceptors (Lipinski definition) is 2. The van der Waals surface area contributed by atoms with Crippen LogP contribution in [0, 0.1) is 5.41 Å². The van der Waals surface area contributed by atoms with E-state index < -0.39 is 0 Å². The average Bonchev–Trinajstić information content (AvgIpc) is 2.17. The Morgan fingerprint density at radius 3 is 2.53 bits per heavy atom. The van der Waals surface area contributed by atoms with E-state index in [2.05, 4.69) is 27.7 Å². The highest BCUT2D eigenvalue weighted by atomic mass is 16.5. The van der Waals surface area contributed by atoms with E-state index in [9.17, 15) is 4.79 Å². The van der Waals surface area contributed by atoms with E-state index in [0.29, 0.717) is 5.56 Å². The van der Waals surface area contributed by atoms with Gasteiger partial charge in [-0.2, -0.15) is 0 Å². The van der Waals surface area contributed by atoms with Gasteiger partial charge in [0.2, 0.25) is 5.91 Å². The Kier molecular flexibility index (Phi) is 2.45. The van der Waals surface area contributed by atoms with Crippen LogP contribution < -0.4 is 10.5 Å². The number of ether oxygens (including phenoxy) is 1. The van der Waals surface area contributed by atoms with Crippen molar-refractivity contribution in [2.75, 3.05) is 0 Å². The Balaban J connectivity index is 2.57. The van der Waals surface area contributed by atoms with Crippen LogP contribution in [0.3, 0.4) is 0 Å². The Morgan fingerprint density at radius 1 is 1.29 bits per heavy atom. The van der Waals surface area contributed by atoms with Crippen molar-refractivity contribution in [1.29, 1.82) is 0 Å². The number of fused-ring (bicyclic) bond motifs is 1. The molecule has 0 fully saturated rings. The zero-order chi connectivity index (χ0) is 12.8. The van der Waals surface area contributed by atoms with Gasteiger partial charge in [0.1, 0.15) is 11.4 Å². The van der Waals surface area contributed by atoms with Gasteiger partial charge in [0, 0.05) is 16.5 Å². The highest BCUT2D eigenvalue weighted by Gasteiger charge is 2.44. The van der Waals surface area contributed by atoms with Crippen LogP contribution in [0.15, 0.2) is 18.2 Å². The molecule has 0 aliphatic carbocycles. The molecule has 1 aliphatic heterocycles. The first-order chi connectivity index (χ1) is 7.74. The summed E-state index contributed by atoms with van der Waals surface area (Å²) in [5.74, 6) is 0.395. The molecule has 1 heterocycles. The quantitative estimate of drug-likeness (QED) is 0.810. The lowest BCUT2D eigenvalue weighted by Gasteiger charge is -2.46. The zero-order valence-electron chi connectivity index (χ0n) is 10.8. The second kappa shape index (κ2) is 3.49. The molecule has 92 valence electrons. The van der Waals surface area contributed by atoms with E-state index in [-0.39, 0.29) is 16.9 Å². The third-order valence-corrected chi connectivity index (χ3v) is 4.01. The minimum atomic E-state index is -0.388. The average molecular weight is 233 g/mol.